The summed E-state index contributed by atoms with van der Waals surface area (Å²) in [6, 6.07) is 27.9. The molecule has 0 aromatic heterocycles. The molecule has 0 radical (unpaired) electrons. The SMILES string of the molecule is C=CC[C@@H]1O[C@@H]2C(CS(=O)(=O)c3ccccc3)C#CC([C@@H](C)[C@H](C)C(C[C@@H](CO)OCc3ccccc3)OC(C)=O)O[C@H]2C[C@H]1OCc1ccccc1. The highest BCUT2D eigenvalue weighted by molar-refractivity contribution is 7.91. The molecule has 10 heteroatoms. The van der Waals surface area contributed by atoms with E-state index in [1.165, 1.54) is 6.92 Å². The molecule has 10 atom stereocenters. The minimum atomic E-state index is -3.72. The Morgan fingerprint density at radius 3 is 2.17 bits per heavy atom. The second-order valence-corrected chi connectivity index (χ2v) is 16.1. The van der Waals surface area contributed by atoms with Crippen LogP contribution in [0.2, 0.25) is 0 Å². The molecule has 53 heavy (non-hydrogen) atoms. The Kier molecular flexibility index (Phi) is 14.8. The molecule has 284 valence electrons. The van der Waals surface area contributed by atoms with Gasteiger partial charge >= 0.3 is 5.97 Å². The minimum absolute atomic E-state index is 0.224. The molecule has 9 nitrogen and oxygen atoms in total. The molecule has 0 bridgehead atoms. The normalized spacial score (nSPS) is 25.0. The standard InChI is InChI=1S/C43H52O9S/c1-5-15-39-41(49-28-34-18-11-7-12-19-34)25-42-43(52-39)35(29-53(46,47)37-20-13-8-14-21-37)22-23-38(51-42)30(2)31(3)40(50-32(4)45)24-36(26-44)48-27-33-16-9-6-10-17-33/h5-14,16-21,30-31,35-36,38-44H,1,15,24-29H2,2-4H3/t30-,31-,35?,36-,38?,39-,40?,41+,42-,43+/m0/s1. The number of fused-ring (bicyclic) bond motifs is 1. The maximum absolute atomic E-state index is 13.7. The van der Waals surface area contributed by atoms with Crippen molar-refractivity contribution < 1.29 is 42.0 Å². The van der Waals surface area contributed by atoms with E-state index < -0.39 is 52.2 Å². The number of ether oxygens (including phenoxy) is 5. The smallest absolute Gasteiger partial charge is 0.302 e. The topological polar surface area (TPSA) is 118 Å². The number of aliphatic hydroxyl groups excluding tert-OH is 1. The van der Waals surface area contributed by atoms with E-state index in [1.807, 2.05) is 74.5 Å². The summed E-state index contributed by atoms with van der Waals surface area (Å²) in [4.78, 5) is 12.6. The summed E-state index contributed by atoms with van der Waals surface area (Å²) in [5, 5.41) is 10.2. The van der Waals surface area contributed by atoms with Crippen LogP contribution in [0, 0.1) is 29.6 Å². The molecule has 0 saturated carbocycles. The Morgan fingerprint density at radius 2 is 1.57 bits per heavy atom. The van der Waals surface area contributed by atoms with Crippen molar-refractivity contribution in [3.63, 3.8) is 0 Å². The summed E-state index contributed by atoms with van der Waals surface area (Å²) in [6.07, 6.45) is -0.768. The molecular weight excluding hydrogens is 693 g/mol. The van der Waals surface area contributed by atoms with Gasteiger partial charge in [0.05, 0.1) is 66.9 Å². The van der Waals surface area contributed by atoms with Crippen LogP contribution in [0.25, 0.3) is 0 Å². The minimum Gasteiger partial charge on any atom is -0.462 e. The third-order valence-corrected chi connectivity index (χ3v) is 11.9. The number of hydrogen-bond acceptors (Lipinski definition) is 9. The molecule has 2 aliphatic heterocycles. The van der Waals surface area contributed by atoms with Crippen LogP contribution in [0.3, 0.4) is 0 Å². The summed E-state index contributed by atoms with van der Waals surface area (Å²) < 4.78 is 59.4. The average Bonchev–Trinajstić information content (AvgIpc) is 3.34. The molecule has 1 saturated heterocycles. The number of rotatable bonds is 18. The van der Waals surface area contributed by atoms with Crippen molar-refractivity contribution in [3.05, 3.63) is 115 Å². The fourth-order valence-corrected chi connectivity index (χ4v) is 8.50. The van der Waals surface area contributed by atoms with Crippen molar-refractivity contribution in [2.45, 2.75) is 101 Å². The number of carbonyl (C=O) groups is 1. The number of esters is 1. The molecule has 1 N–H and O–H groups in total. The van der Waals surface area contributed by atoms with Gasteiger partial charge in [-0.15, -0.1) is 6.58 Å². The van der Waals surface area contributed by atoms with Gasteiger partial charge in [-0.25, -0.2) is 8.42 Å². The van der Waals surface area contributed by atoms with E-state index in [0.29, 0.717) is 26.1 Å². The van der Waals surface area contributed by atoms with Gasteiger partial charge in [-0.05, 0) is 41.5 Å². The molecule has 3 unspecified atom stereocenters. The van der Waals surface area contributed by atoms with Gasteiger partial charge in [-0.3, -0.25) is 4.79 Å². The quantitative estimate of drug-likeness (QED) is 0.0905. The van der Waals surface area contributed by atoms with Crippen LogP contribution in [0.5, 0.6) is 0 Å². The first kappa shape index (κ1) is 40.4. The third-order valence-electron chi connectivity index (χ3n) is 10.2. The second kappa shape index (κ2) is 19.5. The lowest BCUT2D eigenvalue weighted by Gasteiger charge is -2.43. The largest absolute Gasteiger partial charge is 0.462 e. The first-order chi connectivity index (χ1) is 25.6. The van der Waals surface area contributed by atoms with Gasteiger partial charge in [0.2, 0.25) is 0 Å². The van der Waals surface area contributed by atoms with Gasteiger partial charge in [0.1, 0.15) is 12.2 Å². The number of hydrogen-bond donors (Lipinski definition) is 1. The lowest BCUT2D eigenvalue weighted by molar-refractivity contribution is -0.214. The molecule has 5 rings (SSSR count). The second-order valence-electron chi connectivity index (χ2n) is 14.0. The molecule has 3 aromatic carbocycles. The molecule has 2 heterocycles. The van der Waals surface area contributed by atoms with E-state index in [1.54, 1.807) is 36.4 Å². The van der Waals surface area contributed by atoms with Gasteiger partial charge < -0.3 is 28.8 Å². The monoisotopic (exact) mass is 744 g/mol. The first-order valence-corrected chi connectivity index (χ1v) is 20.0. The zero-order valence-corrected chi connectivity index (χ0v) is 31.6. The fourth-order valence-electron chi connectivity index (χ4n) is 6.99. The lowest BCUT2D eigenvalue weighted by Crippen LogP contribution is -2.53. The highest BCUT2D eigenvalue weighted by atomic mass is 32.2. The van der Waals surface area contributed by atoms with Crippen molar-refractivity contribution in [2.75, 3.05) is 12.4 Å². The number of carbonyl (C=O) groups excluding carboxylic acids is 1. The molecular formula is C43H52O9S. The zero-order valence-electron chi connectivity index (χ0n) is 30.8. The molecule has 3 aromatic rings. The Bertz CT molecular complexity index is 1760. The van der Waals surface area contributed by atoms with Crippen molar-refractivity contribution in [1.82, 2.24) is 0 Å². The van der Waals surface area contributed by atoms with Crippen molar-refractivity contribution in [2.24, 2.45) is 17.8 Å². The van der Waals surface area contributed by atoms with Crippen molar-refractivity contribution in [3.8, 4) is 11.8 Å². The fraction of sp³-hybridized carbons (Fsp3) is 0.465. The van der Waals surface area contributed by atoms with Gasteiger partial charge in [0.15, 0.2) is 9.84 Å². The summed E-state index contributed by atoms with van der Waals surface area (Å²) in [5.41, 5.74) is 1.99. The molecule has 0 spiro atoms. The number of benzene rings is 3. The highest BCUT2D eigenvalue weighted by Gasteiger charge is 2.46. The van der Waals surface area contributed by atoms with Crippen LogP contribution in [0.4, 0.5) is 0 Å². The van der Waals surface area contributed by atoms with E-state index >= 15 is 0 Å². The zero-order chi connectivity index (χ0) is 37.8. The highest BCUT2D eigenvalue weighted by Crippen LogP contribution is 2.37. The predicted octanol–water partition coefficient (Wildman–Crippen LogP) is 6.34. The Hall–Kier alpha value is -3.82. The van der Waals surface area contributed by atoms with Crippen LogP contribution in [0.1, 0.15) is 51.2 Å². The Morgan fingerprint density at radius 1 is 0.943 bits per heavy atom. The van der Waals surface area contributed by atoms with Crippen LogP contribution < -0.4 is 0 Å². The van der Waals surface area contributed by atoms with E-state index in [9.17, 15) is 18.3 Å². The Labute approximate surface area is 314 Å². The predicted molar refractivity (Wildman–Crippen MR) is 202 cm³/mol. The molecule has 0 aliphatic carbocycles. The van der Waals surface area contributed by atoms with Gasteiger partial charge in [-0.1, -0.05) is 111 Å². The van der Waals surface area contributed by atoms with Crippen molar-refractivity contribution >= 4 is 15.8 Å². The van der Waals surface area contributed by atoms with Gasteiger partial charge in [0, 0.05) is 19.8 Å². The van der Waals surface area contributed by atoms with E-state index in [0.717, 1.165) is 11.1 Å². The van der Waals surface area contributed by atoms with E-state index in [4.69, 9.17) is 23.7 Å². The van der Waals surface area contributed by atoms with Crippen molar-refractivity contribution in [1.29, 1.82) is 0 Å². The first-order valence-electron chi connectivity index (χ1n) is 18.4. The number of aliphatic hydroxyl groups is 1. The van der Waals surface area contributed by atoms with E-state index in [2.05, 4.69) is 18.4 Å². The summed E-state index contributed by atoms with van der Waals surface area (Å²) in [5.74, 6) is 4.64. The Balaban J connectivity index is 1.39. The molecule has 2 aliphatic rings. The van der Waals surface area contributed by atoms with Gasteiger partial charge in [-0.2, -0.15) is 0 Å². The summed E-state index contributed by atoms with van der Waals surface area (Å²) in [7, 11) is -3.72. The molecule has 0 amide bonds. The van der Waals surface area contributed by atoms with Gasteiger partial charge in [0.25, 0.3) is 0 Å². The maximum Gasteiger partial charge on any atom is 0.302 e. The van der Waals surface area contributed by atoms with Crippen LogP contribution in [0.15, 0.2) is 109 Å². The van der Waals surface area contributed by atoms with Crippen LogP contribution >= 0.6 is 0 Å². The van der Waals surface area contributed by atoms with Crippen LogP contribution in [-0.2, 0) is 51.5 Å². The van der Waals surface area contributed by atoms with E-state index in [-0.39, 0.29) is 47.7 Å². The number of sulfone groups is 1. The summed E-state index contributed by atoms with van der Waals surface area (Å²) >= 11 is 0. The van der Waals surface area contributed by atoms with Crippen LogP contribution in [-0.4, -0.2) is 74.6 Å². The molecule has 1 fully saturated rings. The lowest BCUT2D eigenvalue weighted by atomic mass is 9.84. The average molecular weight is 745 g/mol. The third kappa shape index (κ3) is 11.3. The summed E-state index contributed by atoms with van der Waals surface area (Å²) in [6.45, 7) is 9.69. The maximum atomic E-state index is 13.7.